The highest BCUT2D eigenvalue weighted by Crippen LogP contribution is 2.23. The number of aliphatic carboxylic acids is 1. The van der Waals surface area contributed by atoms with Crippen molar-refractivity contribution in [2.24, 2.45) is 0 Å². The molecule has 2 heterocycles. The standard InChI is InChI=1S/C23H26F3N5O4.C2HF3O2/c1-13-10-31-18(20(32)27-12-23(3,8-5-9-24)30-22(33)34)14(2)29-19(31)21(28-13)35-11-15-16(25)6-4-7-17(15)26;3-2(4,5)1(6)7/h4,6-7,10,30H,5,8-9,11-12H2,1-3H3,(H,27,32)(H,33,34);(H,6,7). The maximum absolute atomic E-state index is 14.0. The van der Waals surface area contributed by atoms with E-state index in [4.69, 9.17) is 19.7 Å². The van der Waals surface area contributed by atoms with Crippen molar-refractivity contribution in [2.75, 3.05) is 13.2 Å². The maximum atomic E-state index is 14.0. The van der Waals surface area contributed by atoms with Crippen molar-refractivity contribution in [3.63, 3.8) is 0 Å². The Morgan fingerprint density at radius 1 is 1.07 bits per heavy atom. The van der Waals surface area contributed by atoms with Crippen molar-refractivity contribution in [1.82, 2.24) is 25.0 Å². The molecule has 1 atom stereocenters. The van der Waals surface area contributed by atoms with Gasteiger partial charge in [0.05, 0.1) is 29.2 Å². The lowest BCUT2D eigenvalue weighted by atomic mass is 9.96. The normalized spacial score (nSPS) is 12.6. The molecule has 4 N–H and O–H groups in total. The average Bonchev–Trinajstić information content (AvgIpc) is 3.21. The van der Waals surface area contributed by atoms with E-state index in [-0.39, 0.29) is 42.2 Å². The first-order valence-corrected chi connectivity index (χ1v) is 12.1. The molecular formula is C25H27F6N5O6. The summed E-state index contributed by atoms with van der Waals surface area (Å²) in [6.07, 6.45) is -4.52. The number of aromatic nitrogens is 3. The number of hydrogen-bond donors (Lipinski definition) is 4. The number of imidazole rings is 1. The lowest BCUT2D eigenvalue weighted by molar-refractivity contribution is -0.192. The zero-order valence-corrected chi connectivity index (χ0v) is 22.5. The van der Waals surface area contributed by atoms with Crippen molar-refractivity contribution < 1.29 is 55.7 Å². The Morgan fingerprint density at radius 3 is 2.19 bits per heavy atom. The van der Waals surface area contributed by atoms with Crippen LogP contribution in [0.15, 0.2) is 24.4 Å². The first-order chi connectivity index (χ1) is 19.5. The first kappa shape index (κ1) is 33.6. The van der Waals surface area contributed by atoms with E-state index in [0.717, 1.165) is 12.1 Å². The minimum absolute atomic E-state index is 0.0184. The fraction of sp³-hybridized carbons (Fsp3) is 0.400. The second-order valence-electron chi connectivity index (χ2n) is 9.18. The molecule has 17 heteroatoms. The molecule has 42 heavy (non-hydrogen) atoms. The molecule has 0 aliphatic heterocycles. The number of amides is 2. The van der Waals surface area contributed by atoms with Gasteiger partial charge in [0.2, 0.25) is 5.65 Å². The molecule has 2 aromatic heterocycles. The van der Waals surface area contributed by atoms with E-state index in [1.165, 1.54) is 10.5 Å². The van der Waals surface area contributed by atoms with Crippen LogP contribution in [0, 0.1) is 25.5 Å². The summed E-state index contributed by atoms with van der Waals surface area (Å²) in [5.74, 6) is -4.86. The van der Waals surface area contributed by atoms with Gasteiger partial charge >= 0.3 is 18.2 Å². The van der Waals surface area contributed by atoms with Crippen molar-refractivity contribution in [2.45, 2.75) is 51.9 Å². The third kappa shape index (κ3) is 8.97. The maximum Gasteiger partial charge on any atom is 0.490 e. The SMILES string of the molecule is Cc1cn2c(C(=O)NCC(C)(CCCF)NC(=O)O)c(C)nc2c(OCc2c(F)cccc2F)n1.O=C(O)C(F)(F)F. The number of ether oxygens (including phenoxy) is 1. The van der Waals surface area contributed by atoms with E-state index in [1.807, 2.05) is 0 Å². The highest BCUT2D eigenvalue weighted by Gasteiger charge is 2.38. The van der Waals surface area contributed by atoms with E-state index in [0.29, 0.717) is 11.4 Å². The van der Waals surface area contributed by atoms with Crippen molar-refractivity contribution in [3.05, 3.63) is 58.7 Å². The third-order valence-electron chi connectivity index (χ3n) is 5.65. The van der Waals surface area contributed by atoms with Crippen LogP contribution in [0.1, 0.15) is 47.2 Å². The molecule has 0 spiro atoms. The zero-order chi connectivity index (χ0) is 31.8. The molecule has 0 bridgehead atoms. The van der Waals surface area contributed by atoms with Gasteiger partial charge in [-0.05, 0) is 45.7 Å². The number of carbonyl (C=O) groups is 3. The summed E-state index contributed by atoms with van der Waals surface area (Å²) in [6, 6.07) is 3.47. The fourth-order valence-electron chi connectivity index (χ4n) is 3.70. The average molecular weight is 608 g/mol. The van der Waals surface area contributed by atoms with Crippen LogP contribution in [0.5, 0.6) is 5.88 Å². The molecule has 230 valence electrons. The van der Waals surface area contributed by atoms with Crippen LogP contribution in [0.4, 0.5) is 31.1 Å². The Morgan fingerprint density at radius 2 is 1.67 bits per heavy atom. The number of carboxylic acids is 1. The van der Waals surface area contributed by atoms with Gasteiger partial charge in [-0.25, -0.2) is 28.3 Å². The summed E-state index contributed by atoms with van der Waals surface area (Å²) in [4.78, 5) is 41.7. The van der Waals surface area contributed by atoms with Crippen LogP contribution in [-0.2, 0) is 11.4 Å². The monoisotopic (exact) mass is 607 g/mol. The number of benzene rings is 1. The molecule has 3 aromatic rings. The molecule has 3 rings (SSSR count). The highest BCUT2D eigenvalue weighted by atomic mass is 19.4. The molecule has 0 saturated carbocycles. The lowest BCUT2D eigenvalue weighted by Gasteiger charge is -2.29. The summed E-state index contributed by atoms with van der Waals surface area (Å²) in [6.45, 7) is 3.66. The number of rotatable bonds is 10. The summed E-state index contributed by atoms with van der Waals surface area (Å²) in [5, 5.41) is 21.2. The number of hydrogen-bond acceptors (Lipinski definition) is 6. The minimum Gasteiger partial charge on any atom is -0.475 e. The van der Waals surface area contributed by atoms with Crippen LogP contribution in [0.3, 0.4) is 0 Å². The number of aryl methyl sites for hydroxylation is 2. The van der Waals surface area contributed by atoms with Crippen molar-refractivity contribution in [1.29, 1.82) is 0 Å². The first-order valence-electron chi connectivity index (χ1n) is 12.1. The highest BCUT2D eigenvalue weighted by molar-refractivity contribution is 5.95. The summed E-state index contributed by atoms with van der Waals surface area (Å²) >= 11 is 0. The van der Waals surface area contributed by atoms with Gasteiger partial charge in [-0.2, -0.15) is 13.2 Å². The van der Waals surface area contributed by atoms with Crippen molar-refractivity contribution >= 4 is 23.6 Å². The van der Waals surface area contributed by atoms with Crippen LogP contribution >= 0.6 is 0 Å². The number of carbonyl (C=O) groups excluding carboxylic acids is 1. The summed E-state index contributed by atoms with van der Waals surface area (Å²) in [5.41, 5.74) is -0.262. The molecule has 1 aromatic carbocycles. The zero-order valence-electron chi connectivity index (χ0n) is 22.5. The number of nitrogens with zero attached hydrogens (tertiary/aromatic N) is 3. The Hall–Kier alpha value is -4.57. The predicted molar refractivity (Wildman–Crippen MR) is 134 cm³/mol. The molecule has 0 aliphatic carbocycles. The lowest BCUT2D eigenvalue weighted by Crippen LogP contribution is -2.53. The Balaban J connectivity index is 0.000000782. The molecule has 1 unspecified atom stereocenters. The topological polar surface area (TPSA) is 155 Å². The van der Waals surface area contributed by atoms with Crippen LogP contribution in [0.2, 0.25) is 0 Å². The van der Waals surface area contributed by atoms with E-state index in [2.05, 4.69) is 20.6 Å². The van der Waals surface area contributed by atoms with Gasteiger partial charge in [-0.1, -0.05) is 6.07 Å². The number of alkyl halides is 4. The molecule has 11 nitrogen and oxygen atoms in total. The molecule has 0 radical (unpaired) electrons. The number of halogens is 6. The molecule has 0 aliphatic rings. The Labute approximate surface area is 234 Å². The van der Waals surface area contributed by atoms with Gasteiger partial charge in [-0.3, -0.25) is 13.6 Å². The van der Waals surface area contributed by atoms with Gasteiger partial charge < -0.3 is 25.6 Å². The predicted octanol–water partition coefficient (Wildman–Crippen LogP) is 4.34. The second kappa shape index (κ2) is 13.9. The van der Waals surface area contributed by atoms with E-state index < -0.39 is 54.6 Å². The minimum atomic E-state index is -5.08. The van der Waals surface area contributed by atoms with Crippen molar-refractivity contribution in [3.8, 4) is 5.88 Å². The van der Waals surface area contributed by atoms with Gasteiger partial charge in [0.1, 0.15) is 23.9 Å². The second-order valence-corrected chi connectivity index (χ2v) is 9.18. The largest absolute Gasteiger partial charge is 0.490 e. The van der Waals surface area contributed by atoms with Crippen LogP contribution < -0.4 is 15.4 Å². The van der Waals surface area contributed by atoms with E-state index in [9.17, 15) is 35.9 Å². The Kier molecular flexibility index (Phi) is 11.1. The van der Waals surface area contributed by atoms with Crippen LogP contribution in [0.25, 0.3) is 5.65 Å². The molecule has 0 fully saturated rings. The third-order valence-corrected chi connectivity index (χ3v) is 5.65. The van der Waals surface area contributed by atoms with Gasteiger partial charge in [0, 0.05) is 12.7 Å². The fourth-order valence-corrected chi connectivity index (χ4v) is 3.70. The van der Waals surface area contributed by atoms with Gasteiger partial charge in [0.15, 0.2) is 0 Å². The molecule has 0 saturated heterocycles. The smallest absolute Gasteiger partial charge is 0.475 e. The van der Waals surface area contributed by atoms with Gasteiger partial charge in [0.25, 0.3) is 11.8 Å². The van der Waals surface area contributed by atoms with Gasteiger partial charge in [-0.15, -0.1) is 0 Å². The van der Waals surface area contributed by atoms with E-state index >= 15 is 0 Å². The van der Waals surface area contributed by atoms with E-state index in [1.54, 1.807) is 27.0 Å². The summed E-state index contributed by atoms with van der Waals surface area (Å²) < 4.78 is 79.4. The quantitative estimate of drug-likeness (QED) is 0.248. The number of fused-ring (bicyclic) bond motifs is 1. The number of carboxylic acid groups (broad SMARTS) is 2. The van der Waals surface area contributed by atoms with Crippen LogP contribution in [-0.4, -0.2) is 67.5 Å². The summed E-state index contributed by atoms with van der Waals surface area (Å²) in [7, 11) is 0. The Bertz CT molecular complexity index is 1430. The number of nitrogens with one attached hydrogen (secondary N) is 2. The molecule has 2 amide bonds. The molecular weight excluding hydrogens is 580 g/mol.